The Morgan fingerprint density at radius 2 is 1.40 bits per heavy atom. The Hall–Kier alpha value is -2.44. The van der Waals surface area contributed by atoms with E-state index in [0.29, 0.717) is 61.4 Å². The van der Waals surface area contributed by atoms with Crippen molar-refractivity contribution in [2.75, 3.05) is 20.1 Å². The molecule has 10 atom stereocenters. The first kappa shape index (κ1) is 43.3. The lowest BCUT2D eigenvalue weighted by Crippen LogP contribution is -2.58. The molecule has 0 saturated heterocycles. The first-order valence-electron chi connectivity index (χ1n) is 21.6. The van der Waals surface area contributed by atoms with Crippen molar-refractivity contribution in [3.8, 4) is 0 Å². The zero-order chi connectivity index (χ0) is 38.3. The van der Waals surface area contributed by atoms with Gasteiger partial charge in [0.05, 0.1) is 12.2 Å². The normalized spacial score (nSPS) is 33.5. The monoisotopic (exact) mass is 733 g/mol. The van der Waals surface area contributed by atoms with E-state index in [-0.39, 0.29) is 34.9 Å². The van der Waals surface area contributed by atoms with E-state index >= 15 is 0 Å². The summed E-state index contributed by atoms with van der Waals surface area (Å²) in [5.41, 5.74) is 0.480. The van der Waals surface area contributed by atoms with E-state index in [1.54, 1.807) is 4.90 Å². The van der Waals surface area contributed by atoms with Gasteiger partial charge in [0.2, 0.25) is 11.8 Å². The molecule has 6 heteroatoms. The number of likely N-dealkylation sites (N-methyl/N-ethyl adjacent to an activating group) is 1. The highest BCUT2D eigenvalue weighted by Crippen LogP contribution is 2.68. The number of hydrogen-bond acceptors (Lipinski definition) is 4. The molecular weight excluding hydrogens is 657 g/mol. The molecule has 1 unspecified atom stereocenters. The second-order valence-corrected chi connectivity index (χ2v) is 17.7. The van der Waals surface area contributed by atoms with Gasteiger partial charge in [-0.3, -0.25) is 9.59 Å². The maximum atomic E-state index is 12.9. The summed E-state index contributed by atoms with van der Waals surface area (Å²) in [4.78, 5) is 27.2. The molecule has 0 bridgehead atoms. The summed E-state index contributed by atoms with van der Waals surface area (Å²) in [5.74, 6) is 3.22. The fourth-order valence-electron chi connectivity index (χ4n) is 11.2. The highest BCUT2D eigenvalue weighted by Gasteiger charge is 2.62. The van der Waals surface area contributed by atoms with E-state index in [1.165, 1.54) is 25.7 Å². The van der Waals surface area contributed by atoms with Crippen molar-refractivity contribution in [2.45, 2.75) is 155 Å². The minimum atomic E-state index is -0.248. The number of fused-ring (bicyclic) bond motifs is 5. The van der Waals surface area contributed by atoms with Gasteiger partial charge >= 0.3 is 0 Å². The van der Waals surface area contributed by atoms with E-state index in [9.17, 15) is 19.8 Å². The molecule has 3 N–H and O–H groups in total. The van der Waals surface area contributed by atoms with Crippen molar-refractivity contribution in [3.05, 3.63) is 60.8 Å². The first-order valence-corrected chi connectivity index (χ1v) is 21.6. The van der Waals surface area contributed by atoms with Crippen molar-refractivity contribution in [1.82, 2.24) is 10.2 Å². The smallest absolute Gasteiger partial charge is 0.222 e. The standard InChI is InChI=1S/C47H76N2O4/c1-6-7-8-9-10-11-12-13-14-15-16-17-18-19-20-21-22-23-44(53)49(5)33-32-48-43(52)27-24-36(2)39-25-26-40-45-41(29-31-47(39,40)4)46(3)30-28-38(50)34-37(46)35-42(45)51/h7-8,10-11,13-14,16-17,19-20,36-42,45,50-51H,6,9,12,15,18,21-35H2,1-5H3,(H,48,52)/t36-,37+,38-,39?,40+,41+,42-,45+,46+,47-/m1/s1. The second kappa shape index (κ2) is 21.6. The summed E-state index contributed by atoms with van der Waals surface area (Å²) in [7, 11) is 1.83. The van der Waals surface area contributed by atoms with Crippen molar-refractivity contribution < 1.29 is 19.8 Å². The molecule has 4 aliphatic rings. The number of aliphatic hydroxyl groups excluding tert-OH is 2. The van der Waals surface area contributed by atoms with Gasteiger partial charge in [-0.25, -0.2) is 0 Å². The number of nitrogens with zero attached hydrogens (tertiary/aromatic N) is 1. The van der Waals surface area contributed by atoms with Crippen LogP contribution in [0, 0.1) is 46.3 Å². The zero-order valence-corrected chi connectivity index (χ0v) is 34.2. The Balaban J connectivity index is 1.06. The van der Waals surface area contributed by atoms with Gasteiger partial charge in [0.15, 0.2) is 0 Å². The van der Waals surface area contributed by atoms with E-state index in [1.807, 2.05) is 7.05 Å². The minimum Gasteiger partial charge on any atom is -0.393 e. The molecular formula is C47H76N2O4. The number of nitrogens with one attached hydrogen (secondary N) is 1. The number of amides is 2. The Morgan fingerprint density at radius 3 is 2.06 bits per heavy atom. The van der Waals surface area contributed by atoms with E-state index in [4.69, 9.17) is 0 Å². The number of carbonyl (C=O) groups excluding carboxylic acids is 2. The fourth-order valence-corrected chi connectivity index (χ4v) is 11.2. The summed E-state index contributed by atoms with van der Waals surface area (Å²) in [5, 5.41) is 25.0. The van der Waals surface area contributed by atoms with Crippen LogP contribution in [0.5, 0.6) is 0 Å². The van der Waals surface area contributed by atoms with E-state index in [0.717, 1.165) is 77.0 Å². The quantitative estimate of drug-likeness (QED) is 0.0859. The number of carbonyl (C=O) groups is 2. The number of aliphatic hydroxyl groups is 2. The SMILES string of the molecule is CCC=CCC=CCC=CCC=CCC=CCCCC(=O)N(C)CCNC(=O)CC[C@@H](C)C1CC[C@H]2[C@@H]3[C@H](O)C[C@@H]4C[C@H](O)CC[C@]4(C)[C@H]3CC[C@]12C. The Morgan fingerprint density at radius 1 is 0.792 bits per heavy atom. The molecule has 0 aromatic heterocycles. The summed E-state index contributed by atoms with van der Waals surface area (Å²) >= 11 is 0. The van der Waals surface area contributed by atoms with Crippen LogP contribution in [-0.2, 0) is 9.59 Å². The van der Waals surface area contributed by atoms with Crippen molar-refractivity contribution in [2.24, 2.45) is 46.3 Å². The molecule has 6 nitrogen and oxygen atoms in total. The summed E-state index contributed by atoms with van der Waals surface area (Å²) in [6.45, 7) is 10.5. The van der Waals surface area contributed by atoms with E-state index in [2.05, 4.69) is 93.8 Å². The van der Waals surface area contributed by atoms with Gasteiger partial charge < -0.3 is 20.4 Å². The van der Waals surface area contributed by atoms with Crippen molar-refractivity contribution >= 4 is 11.8 Å². The average molecular weight is 733 g/mol. The molecule has 53 heavy (non-hydrogen) atoms. The number of rotatable bonds is 20. The molecule has 0 aliphatic heterocycles. The lowest BCUT2D eigenvalue weighted by atomic mass is 9.43. The van der Waals surface area contributed by atoms with Crippen LogP contribution in [0.3, 0.4) is 0 Å². The highest BCUT2D eigenvalue weighted by molar-refractivity contribution is 5.77. The van der Waals surface area contributed by atoms with Crippen LogP contribution in [-0.4, -0.2) is 59.3 Å². The van der Waals surface area contributed by atoms with Gasteiger partial charge in [-0.05, 0) is 149 Å². The average Bonchev–Trinajstić information content (AvgIpc) is 3.49. The molecule has 4 aliphatic carbocycles. The van der Waals surface area contributed by atoms with Gasteiger partial charge in [0.25, 0.3) is 0 Å². The maximum Gasteiger partial charge on any atom is 0.222 e. The van der Waals surface area contributed by atoms with Gasteiger partial charge in [-0.1, -0.05) is 88.5 Å². The number of allylic oxidation sites excluding steroid dienone is 10. The van der Waals surface area contributed by atoms with Gasteiger partial charge in [0.1, 0.15) is 0 Å². The molecule has 0 aromatic rings. The van der Waals surface area contributed by atoms with Crippen LogP contribution in [0.4, 0.5) is 0 Å². The van der Waals surface area contributed by atoms with Crippen molar-refractivity contribution in [1.29, 1.82) is 0 Å². The zero-order valence-electron chi connectivity index (χ0n) is 34.2. The topological polar surface area (TPSA) is 89.9 Å². The summed E-state index contributed by atoms with van der Waals surface area (Å²) < 4.78 is 0. The van der Waals surface area contributed by atoms with Gasteiger partial charge in [-0.2, -0.15) is 0 Å². The number of hydrogen-bond donors (Lipinski definition) is 3. The molecule has 0 radical (unpaired) electrons. The minimum absolute atomic E-state index is 0.0839. The molecule has 4 rings (SSSR count). The third kappa shape index (κ3) is 12.0. The van der Waals surface area contributed by atoms with E-state index < -0.39 is 0 Å². The lowest BCUT2D eigenvalue weighted by Gasteiger charge is -2.62. The van der Waals surface area contributed by atoms with Gasteiger partial charge in [-0.15, -0.1) is 0 Å². The summed E-state index contributed by atoms with van der Waals surface area (Å²) in [6, 6.07) is 0. The summed E-state index contributed by atoms with van der Waals surface area (Å²) in [6.07, 6.45) is 38.7. The van der Waals surface area contributed by atoms with Crippen molar-refractivity contribution in [3.63, 3.8) is 0 Å². The molecule has 298 valence electrons. The Kier molecular flexibility index (Phi) is 17.6. The fraction of sp³-hybridized carbons (Fsp3) is 0.745. The van der Waals surface area contributed by atoms with Crippen LogP contribution < -0.4 is 5.32 Å². The molecule has 2 amide bonds. The number of unbranched alkanes of at least 4 members (excludes halogenated alkanes) is 1. The molecule has 4 saturated carbocycles. The first-order chi connectivity index (χ1) is 25.5. The molecule has 0 spiro atoms. The maximum absolute atomic E-state index is 12.9. The molecule has 0 aromatic carbocycles. The molecule has 0 heterocycles. The lowest BCUT2D eigenvalue weighted by molar-refractivity contribution is -0.174. The third-order valence-corrected chi connectivity index (χ3v) is 14.4. The van der Waals surface area contributed by atoms with Crippen LogP contribution in [0.1, 0.15) is 143 Å². The van der Waals surface area contributed by atoms with Crippen LogP contribution in [0.15, 0.2) is 60.8 Å². The van der Waals surface area contributed by atoms with Gasteiger partial charge in [0, 0.05) is 33.0 Å². The highest BCUT2D eigenvalue weighted by atomic mass is 16.3. The van der Waals surface area contributed by atoms with Crippen LogP contribution in [0.25, 0.3) is 0 Å². The second-order valence-electron chi connectivity index (χ2n) is 17.7. The third-order valence-electron chi connectivity index (χ3n) is 14.4. The van der Waals surface area contributed by atoms with Crippen LogP contribution >= 0.6 is 0 Å². The Bertz CT molecular complexity index is 1280. The largest absolute Gasteiger partial charge is 0.393 e. The predicted octanol–water partition coefficient (Wildman–Crippen LogP) is 9.89. The van der Waals surface area contributed by atoms with Crippen LogP contribution in [0.2, 0.25) is 0 Å². The Labute approximate surface area is 323 Å². The predicted molar refractivity (Wildman–Crippen MR) is 220 cm³/mol. The molecule has 4 fully saturated rings.